The first-order valence-corrected chi connectivity index (χ1v) is 9.10. The number of carbonyl (C=O) groups excluding carboxylic acids is 2. The summed E-state index contributed by atoms with van der Waals surface area (Å²) in [7, 11) is 0. The van der Waals surface area contributed by atoms with Crippen molar-refractivity contribution in [2.75, 3.05) is 32.8 Å². The number of nitrogens with zero attached hydrogens (tertiary/aromatic N) is 2. The number of hydrogen-bond donors (Lipinski definition) is 1. The number of amides is 2. The molecule has 2 aliphatic heterocycles. The Hall–Kier alpha value is -1.92. The predicted molar refractivity (Wildman–Crippen MR) is 94.9 cm³/mol. The minimum Gasteiger partial charge on any atom is -0.368 e. The van der Waals surface area contributed by atoms with Gasteiger partial charge in [0.25, 0.3) is 0 Å². The van der Waals surface area contributed by atoms with Crippen molar-refractivity contribution in [3.05, 3.63) is 35.9 Å². The van der Waals surface area contributed by atoms with Crippen molar-refractivity contribution in [2.45, 2.75) is 38.5 Å². The van der Waals surface area contributed by atoms with E-state index in [1.54, 1.807) is 6.92 Å². The molecule has 25 heavy (non-hydrogen) atoms. The molecule has 1 aromatic rings. The fourth-order valence-corrected chi connectivity index (χ4v) is 3.39. The minimum atomic E-state index is -0.502. The summed E-state index contributed by atoms with van der Waals surface area (Å²) in [6.07, 6.45) is 1.26. The fourth-order valence-electron chi connectivity index (χ4n) is 3.39. The van der Waals surface area contributed by atoms with E-state index < -0.39 is 12.1 Å². The molecular weight excluding hydrogens is 318 g/mol. The molecular formula is C19H27N3O3. The third-order valence-electron chi connectivity index (χ3n) is 4.88. The molecule has 6 nitrogen and oxygen atoms in total. The van der Waals surface area contributed by atoms with Gasteiger partial charge in [0, 0.05) is 39.3 Å². The zero-order valence-electron chi connectivity index (χ0n) is 14.8. The Kier molecular flexibility index (Phi) is 6.04. The Morgan fingerprint density at radius 2 is 1.92 bits per heavy atom. The van der Waals surface area contributed by atoms with Gasteiger partial charge in [0.2, 0.25) is 11.8 Å². The van der Waals surface area contributed by atoms with Crippen molar-refractivity contribution < 1.29 is 14.3 Å². The highest BCUT2D eigenvalue weighted by Gasteiger charge is 2.29. The van der Waals surface area contributed by atoms with E-state index in [9.17, 15) is 9.59 Å². The summed E-state index contributed by atoms with van der Waals surface area (Å²) >= 11 is 0. The first-order valence-electron chi connectivity index (χ1n) is 9.10. The molecule has 0 saturated carbocycles. The number of ether oxygens (including phenoxy) is 1. The smallest absolute Gasteiger partial charge is 0.249 e. The van der Waals surface area contributed by atoms with Gasteiger partial charge in [0.05, 0.1) is 0 Å². The molecule has 0 radical (unpaired) electrons. The van der Waals surface area contributed by atoms with E-state index in [4.69, 9.17) is 4.74 Å². The van der Waals surface area contributed by atoms with Gasteiger partial charge in [-0.15, -0.1) is 0 Å². The molecule has 1 N–H and O–H groups in total. The van der Waals surface area contributed by atoms with Crippen molar-refractivity contribution in [1.29, 1.82) is 0 Å². The SMILES string of the molecule is C[C@H](NC(=O)C1CCCO1)C(=O)N1CCN(Cc2ccccc2)CC1. The molecule has 136 valence electrons. The summed E-state index contributed by atoms with van der Waals surface area (Å²) in [5, 5.41) is 2.80. The predicted octanol–water partition coefficient (Wildman–Crippen LogP) is 1.01. The van der Waals surface area contributed by atoms with E-state index in [-0.39, 0.29) is 11.8 Å². The van der Waals surface area contributed by atoms with Crippen LogP contribution >= 0.6 is 0 Å². The third-order valence-corrected chi connectivity index (χ3v) is 4.88. The maximum atomic E-state index is 12.6. The number of nitrogens with one attached hydrogen (secondary N) is 1. The second-order valence-electron chi connectivity index (χ2n) is 6.82. The van der Waals surface area contributed by atoms with Crippen molar-refractivity contribution in [2.24, 2.45) is 0 Å². The second kappa shape index (κ2) is 8.45. The maximum absolute atomic E-state index is 12.6. The molecule has 0 aromatic heterocycles. The standard InChI is InChI=1S/C19H27N3O3/c1-15(20-18(23)17-8-5-13-25-17)19(24)22-11-9-21(10-12-22)14-16-6-3-2-4-7-16/h2-4,6-7,15,17H,5,8-14H2,1H3,(H,20,23)/t15-,17?/m0/s1. The van der Waals surface area contributed by atoms with E-state index in [1.807, 2.05) is 23.1 Å². The zero-order chi connectivity index (χ0) is 17.6. The fraction of sp³-hybridized carbons (Fsp3) is 0.579. The molecule has 2 atom stereocenters. The first-order chi connectivity index (χ1) is 12.1. The average Bonchev–Trinajstić information content (AvgIpc) is 3.17. The zero-order valence-corrected chi connectivity index (χ0v) is 14.8. The number of benzene rings is 1. The Morgan fingerprint density at radius 3 is 2.56 bits per heavy atom. The monoisotopic (exact) mass is 345 g/mol. The topological polar surface area (TPSA) is 61.9 Å². The van der Waals surface area contributed by atoms with Gasteiger partial charge in [0.1, 0.15) is 12.1 Å². The molecule has 1 unspecified atom stereocenters. The van der Waals surface area contributed by atoms with E-state index >= 15 is 0 Å². The van der Waals surface area contributed by atoms with Crippen LogP contribution in [0.4, 0.5) is 0 Å². The van der Waals surface area contributed by atoms with Crippen molar-refractivity contribution in [3.63, 3.8) is 0 Å². The van der Waals surface area contributed by atoms with Crippen LogP contribution in [-0.2, 0) is 20.9 Å². The molecule has 6 heteroatoms. The van der Waals surface area contributed by atoms with Gasteiger partial charge in [-0.2, -0.15) is 0 Å². The van der Waals surface area contributed by atoms with E-state index in [2.05, 4.69) is 22.3 Å². The van der Waals surface area contributed by atoms with E-state index in [1.165, 1.54) is 5.56 Å². The minimum absolute atomic E-state index is 0.00860. The molecule has 2 amide bonds. The molecule has 0 aliphatic carbocycles. The van der Waals surface area contributed by atoms with Crippen molar-refractivity contribution >= 4 is 11.8 Å². The highest BCUT2D eigenvalue weighted by Crippen LogP contribution is 2.13. The first kappa shape index (κ1) is 17.9. The Labute approximate surface area is 149 Å². The van der Waals surface area contributed by atoms with Crippen LogP contribution in [0.25, 0.3) is 0 Å². The van der Waals surface area contributed by atoms with Gasteiger partial charge in [-0.05, 0) is 25.3 Å². The van der Waals surface area contributed by atoms with Crippen molar-refractivity contribution in [1.82, 2.24) is 15.1 Å². The molecule has 2 fully saturated rings. The average molecular weight is 345 g/mol. The largest absolute Gasteiger partial charge is 0.368 e. The molecule has 1 aromatic carbocycles. The van der Waals surface area contributed by atoms with Crippen LogP contribution in [0.5, 0.6) is 0 Å². The van der Waals surface area contributed by atoms with Crippen LogP contribution in [0.3, 0.4) is 0 Å². The van der Waals surface area contributed by atoms with Gasteiger partial charge in [-0.1, -0.05) is 30.3 Å². The Bertz CT molecular complexity index is 579. The van der Waals surface area contributed by atoms with Gasteiger partial charge in [-0.25, -0.2) is 0 Å². The summed E-state index contributed by atoms with van der Waals surface area (Å²) < 4.78 is 5.37. The lowest BCUT2D eigenvalue weighted by Gasteiger charge is -2.36. The van der Waals surface area contributed by atoms with Crippen molar-refractivity contribution in [3.8, 4) is 0 Å². The summed E-state index contributed by atoms with van der Waals surface area (Å²) in [5.74, 6) is -0.174. The third kappa shape index (κ3) is 4.80. The van der Waals surface area contributed by atoms with E-state index in [0.29, 0.717) is 19.7 Å². The lowest BCUT2D eigenvalue weighted by atomic mass is 10.1. The lowest BCUT2D eigenvalue weighted by Crippen LogP contribution is -2.54. The van der Waals surface area contributed by atoms with Crippen LogP contribution < -0.4 is 5.32 Å². The van der Waals surface area contributed by atoms with Gasteiger partial charge < -0.3 is 15.0 Å². The molecule has 2 saturated heterocycles. The highest BCUT2D eigenvalue weighted by atomic mass is 16.5. The quantitative estimate of drug-likeness (QED) is 0.865. The molecule has 2 heterocycles. The Balaban J connectivity index is 1.43. The summed E-state index contributed by atoms with van der Waals surface area (Å²) in [6.45, 7) is 6.40. The molecule has 0 bridgehead atoms. The molecule has 2 aliphatic rings. The van der Waals surface area contributed by atoms with Gasteiger partial charge in [0.15, 0.2) is 0 Å². The number of hydrogen-bond acceptors (Lipinski definition) is 4. The maximum Gasteiger partial charge on any atom is 0.249 e. The van der Waals surface area contributed by atoms with Crippen LogP contribution in [0.2, 0.25) is 0 Å². The normalized spacial score (nSPS) is 22.6. The lowest BCUT2D eigenvalue weighted by molar-refractivity contribution is -0.139. The van der Waals surface area contributed by atoms with E-state index in [0.717, 1.165) is 32.5 Å². The molecule has 3 rings (SSSR count). The van der Waals surface area contributed by atoms with Gasteiger partial charge in [-0.3, -0.25) is 14.5 Å². The number of piperazine rings is 1. The summed E-state index contributed by atoms with van der Waals surface area (Å²) in [4.78, 5) is 28.9. The van der Waals surface area contributed by atoms with Crippen LogP contribution in [0.15, 0.2) is 30.3 Å². The summed E-state index contributed by atoms with van der Waals surface area (Å²) in [5.41, 5.74) is 1.29. The second-order valence-corrected chi connectivity index (χ2v) is 6.82. The number of rotatable bonds is 5. The van der Waals surface area contributed by atoms with Crippen LogP contribution in [0.1, 0.15) is 25.3 Å². The highest BCUT2D eigenvalue weighted by molar-refractivity contribution is 5.89. The van der Waals surface area contributed by atoms with Crippen LogP contribution in [-0.4, -0.2) is 66.5 Å². The Morgan fingerprint density at radius 1 is 1.20 bits per heavy atom. The summed E-state index contributed by atoms with van der Waals surface area (Å²) in [6, 6.07) is 9.87. The number of carbonyl (C=O) groups is 2. The van der Waals surface area contributed by atoms with Crippen LogP contribution in [0, 0.1) is 0 Å². The molecule has 0 spiro atoms. The van der Waals surface area contributed by atoms with Gasteiger partial charge >= 0.3 is 0 Å².